The molecule has 0 aliphatic heterocycles. The second-order valence-corrected chi connectivity index (χ2v) is 6.18. The molecule has 1 N–H and O–H groups in total. The van der Waals surface area contributed by atoms with Gasteiger partial charge >= 0.3 is 0 Å². The number of rotatable bonds is 5. The summed E-state index contributed by atoms with van der Waals surface area (Å²) in [5, 5.41) is 3.05. The Morgan fingerprint density at radius 3 is 2.56 bits per heavy atom. The van der Waals surface area contributed by atoms with E-state index in [9.17, 15) is 4.79 Å². The summed E-state index contributed by atoms with van der Waals surface area (Å²) in [5.74, 6) is 0.678. The molecule has 0 aliphatic rings. The minimum atomic E-state index is 0.00170. The third-order valence-corrected chi connectivity index (χ3v) is 3.61. The van der Waals surface area contributed by atoms with E-state index >= 15 is 0 Å². The van der Waals surface area contributed by atoms with Crippen molar-refractivity contribution in [2.24, 2.45) is 5.92 Å². The van der Waals surface area contributed by atoms with Crippen molar-refractivity contribution < 1.29 is 4.79 Å². The standard InChI is InChI=1S/C15H22BrNO/c1-10(2)5-7-12(4)17-15(18)13-9-11(3)6-8-14(13)16/h6,8-10,12H,5,7H2,1-4H3,(H,17,18). The van der Waals surface area contributed by atoms with Crippen LogP contribution in [-0.4, -0.2) is 11.9 Å². The molecule has 100 valence electrons. The van der Waals surface area contributed by atoms with Crippen LogP contribution in [0.2, 0.25) is 0 Å². The van der Waals surface area contributed by atoms with Gasteiger partial charge in [0.25, 0.3) is 5.91 Å². The topological polar surface area (TPSA) is 29.1 Å². The summed E-state index contributed by atoms with van der Waals surface area (Å²) >= 11 is 3.42. The Kier molecular flexibility index (Phi) is 5.86. The summed E-state index contributed by atoms with van der Waals surface area (Å²) in [6, 6.07) is 6.04. The molecule has 0 fully saturated rings. The highest BCUT2D eigenvalue weighted by Gasteiger charge is 2.13. The number of hydrogen-bond donors (Lipinski definition) is 1. The molecule has 0 bridgehead atoms. The van der Waals surface area contributed by atoms with Crippen molar-refractivity contribution in [3.63, 3.8) is 0 Å². The maximum Gasteiger partial charge on any atom is 0.252 e. The molecule has 0 heterocycles. The zero-order chi connectivity index (χ0) is 13.7. The average Bonchev–Trinajstić information content (AvgIpc) is 2.29. The van der Waals surface area contributed by atoms with Gasteiger partial charge in [-0.3, -0.25) is 4.79 Å². The maximum atomic E-state index is 12.1. The average molecular weight is 312 g/mol. The van der Waals surface area contributed by atoms with Crippen LogP contribution in [-0.2, 0) is 0 Å². The van der Waals surface area contributed by atoms with Gasteiger partial charge in [0, 0.05) is 10.5 Å². The van der Waals surface area contributed by atoms with Crippen molar-refractivity contribution in [3.05, 3.63) is 33.8 Å². The number of benzene rings is 1. The number of aryl methyl sites for hydroxylation is 1. The first-order valence-corrected chi connectivity index (χ1v) is 7.26. The van der Waals surface area contributed by atoms with Crippen LogP contribution in [0, 0.1) is 12.8 Å². The van der Waals surface area contributed by atoms with Crippen LogP contribution in [0.3, 0.4) is 0 Å². The van der Waals surface area contributed by atoms with E-state index in [0.717, 1.165) is 22.9 Å². The van der Waals surface area contributed by atoms with Gasteiger partial charge in [-0.2, -0.15) is 0 Å². The lowest BCUT2D eigenvalue weighted by molar-refractivity contribution is 0.0936. The lowest BCUT2D eigenvalue weighted by Gasteiger charge is -2.16. The van der Waals surface area contributed by atoms with Crippen molar-refractivity contribution in [1.29, 1.82) is 0 Å². The third kappa shape index (κ3) is 4.81. The molecular formula is C15H22BrNO. The van der Waals surface area contributed by atoms with Gasteiger partial charge in [0.2, 0.25) is 0 Å². The Labute approximate surface area is 118 Å². The predicted octanol–water partition coefficient (Wildman–Crippen LogP) is 4.31. The number of amides is 1. The van der Waals surface area contributed by atoms with E-state index < -0.39 is 0 Å². The Bertz CT molecular complexity index is 415. The van der Waals surface area contributed by atoms with Crippen LogP contribution < -0.4 is 5.32 Å². The molecule has 1 aromatic carbocycles. The van der Waals surface area contributed by atoms with Gasteiger partial charge < -0.3 is 5.32 Å². The fourth-order valence-electron chi connectivity index (χ4n) is 1.77. The number of nitrogens with one attached hydrogen (secondary N) is 1. The van der Waals surface area contributed by atoms with E-state index in [0.29, 0.717) is 11.5 Å². The first-order valence-electron chi connectivity index (χ1n) is 6.47. The summed E-state index contributed by atoms with van der Waals surface area (Å²) in [6.07, 6.45) is 2.16. The summed E-state index contributed by atoms with van der Waals surface area (Å²) in [4.78, 5) is 12.1. The highest BCUT2D eigenvalue weighted by atomic mass is 79.9. The first kappa shape index (κ1) is 15.2. The molecule has 1 rings (SSSR count). The van der Waals surface area contributed by atoms with Gasteiger partial charge in [-0.15, -0.1) is 0 Å². The van der Waals surface area contributed by atoms with Gasteiger partial charge in [0.05, 0.1) is 5.56 Å². The lowest BCUT2D eigenvalue weighted by Crippen LogP contribution is -2.33. The van der Waals surface area contributed by atoms with Crippen molar-refractivity contribution in [2.45, 2.75) is 46.6 Å². The molecule has 1 aromatic rings. The Hall–Kier alpha value is -0.830. The molecular weight excluding hydrogens is 290 g/mol. The first-order chi connectivity index (χ1) is 8.40. The number of carbonyl (C=O) groups excluding carboxylic acids is 1. The summed E-state index contributed by atoms with van der Waals surface area (Å²) in [7, 11) is 0. The second-order valence-electron chi connectivity index (χ2n) is 5.33. The van der Waals surface area contributed by atoms with E-state index in [-0.39, 0.29) is 11.9 Å². The largest absolute Gasteiger partial charge is 0.350 e. The van der Waals surface area contributed by atoms with Crippen LogP contribution in [0.25, 0.3) is 0 Å². The van der Waals surface area contributed by atoms with Crippen molar-refractivity contribution in [2.75, 3.05) is 0 Å². The third-order valence-electron chi connectivity index (χ3n) is 2.92. The summed E-state index contributed by atoms with van der Waals surface area (Å²) in [5.41, 5.74) is 1.81. The Morgan fingerprint density at radius 2 is 1.94 bits per heavy atom. The summed E-state index contributed by atoms with van der Waals surface area (Å²) < 4.78 is 0.849. The SMILES string of the molecule is Cc1ccc(Br)c(C(=O)NC(C)CCC(C)C)c1. The quantitative estimate of drug-likeness (QED) is 0.862. The normalized spacial score (nSPS) is 12.6. The number of hydrogen-bond acceptors (Lipinski definition) is 1. The fraction of sp³-hybridized carbons (Fsp3) is 0.533. The van der Waals surface area contributed by atoms with Gasteiger partial charge in [0.15, 0.2) is 0 Å². The molecule has 18 heavy (non-hydrogen) atoms. The molecule has 0 radical (unpaired) electrons. The molecule has 0 saturated carbocycles. The van der Waals surface area contributed by atoms with Gasteiger partial charge in [-0.1, -0.05) is 25.5 Å². The van der Waals surface area contributed by atoms with E-state index in [1.807, 2.05) is 25.1 Å². The van der Waals surface area contributed by atoms with E-state index in [4.69, 9.17) is 0 Å². The Balaban J connectivity index is 2.62. The monoisotopic (exact) mass is 311 g/mol. The van der Waals surface area contributed by atoms with E-state index in [1.54, 1.807) is 0 Å². The molecule has 0 spiro atoms. The molecule has 3 heteroatoms. The van der Waals surface area contributed by atoms with Gasteiger partial charge in [-0.25, -0.2) is 0 Å². The van der Waals surface area contributed by atoms with Crippen molar-refractivity contribution >= 4 is 21.8 Å². The Morgan fingerprint density at radius 1 is 1.28 bits per heavy atom. The van der Waals surface area contributed by atoms with Gasteiger partial charge in [-0.05, 0) is 60.7 Å². The number of carbonyl (C=O) groups is 1. The predicted molar refractivity (Wildman–Crippen MR) is 79.9 cm³/mol. The smallest absolute Gasteiger partial charge is 0.252 e. The van der Waals surface area contributed by atoms with Crippen LogP contribution in [0.15, 0.2) is 22.7 Å². The second kappa shape index (κ2) is 6.93. The lowest BCUT2D eigenvalue weighted by atomic mass is 10.0. The highest BCUT2D eigenvalue weighted by molar-refractivity contribution is 9.10. The zero-order valence-electron chi connectivity index (χ0n) is 11.6. The molecule has 1 amide bonds. The maximum absolute atomic E-state index is 12.1. The van der Waals surface area contributed by atoms with E-state index in [2.05, 4.69) is 42.0 Å². The van der Waals surface area contributed by atoms with Crippen LogP contribution in [0.1, 0.15) is 49.5 Å². The molecule has 1 unspecified atom stereocenters. The highest BCUT2D eigenvalue weighted by Crippen LogP contribution is 2.18. The van der Waals surface area contributed by atoms with Crippen LogP contribution in [0.4, 0.5) is 0 Å². The molecule has 0 saturated heterocycles. The molecule has 0 aliphatic carbocycles. The van der Waals surface area contributed by atoms with Crippen LogP contribution >= 0.6 is 15.9 Å². The fourth-order valence-corrected chi connectivity index (χ4v) is 2.20. The minimum Gasteiger partial charge on any atom is -0.350 e. The van der Waals surface area contributed by atoms with Crippen molar-refractivity contribution in [1.82, 2.24) is 5.32 Å². The van der Waals surface area contributed by atoms with E-state index in [1.165, 1.54) is 0 Å². The molecule has 0 aromatic heterocycles. The minimum absolute atomic E-state index is 0.00170. The molecule has 1 atom stereocenters. The zero-order valence-corrected chi connectivity index (χ0v) is 13.2. The van der Waals surface area contributed by atoms with Gasteiger partial charge in [0.1, 0.15) is 0 Å². The van der Waals surface area contributed by atoms with Crippen molar-refractivity contribution in [3.8, 4) is 0 Å². The number of halogens is 1. The van der Waals surface area contributed by atoms with Crippen LogP contribution in [0.5, 0.6) is 0 Å². The molecule has 2 nitrogen and oxygen atoms in total. The summed E-state index contributed by atoms with van der Waals surface area (Å²) in [6.45, 7) is 8.45.